The van der Waals surface area contributed by atoms with Crippen LogP contribution in [0.4, 0.5) is 0 Å². The van der Waals surface area contributed by atoms with Gasteiger partial charge in [0.1, 0.15) is 10.1 Å². The summed E-state index contributed by atoms with van der Waals surface area (Å²) in [6.45, 7) is 0. The first-order valence-electron chi connectivity index (χ1n) is 3.65. The molecular weight excluding hydrogens is 333 g/mol. The van der Waals surface area contributed by atoms with Crippen molar-refractivity contribution >= 4 is 62.9 Å². The average molecular weight is 337 g/mol. The Labute approximate surface area is 103 Å². The van der Waals surface area contributed by atoms with Crippen molar-refractivity contribution in [2.75, 3.05) is 0 Å². The van der Waals surface area contributed by atoms with E-state index in [1.807, 2.05) is 12.1 Å². The molecule has 3 nitrogen and oxygen atoms in total. The first kappa shape index (κ1) is 10.2. The van der Waals surface area contributed by atoms with Crippen LogP contribution in [0.3, 0.4) is 0 Å². The van der Waals surface area contributed by atoms with Crippen LogP contribution >= 0.6 is 46.6 Å². The number of hydrogen-bond donors (Lipinski definition) is 1. The van der Waals surface area contributed by atoms with E-state index in [0.29, 0.717) is 15.0 Å². The van der Waals surface area contributed by atoms with Crippen molar-refractivity contribution in [1.82, 2.24) is 5.32 Å². The summed E-state index contributed by atoms with van der Waals surface area (Å²) in [5.74, 6) is 0.503. The molecule has 2 heterocycles. The maximum Gasteiger partial charge on any atom is 0.263 e. The van der Waals surface area contributed by atoms with Crippen molar-refractivity contribution in [3.8, 4) is 0 Å². The molecule has 0 unspecified atom stereocenters. The summed E-state index contributed by atoms with van der Waals surface area (Å²) in [6.07, 6.45) is 1.68. The second kappa shape index (κ2) is 4.03. The highest BCUT2D eigenvalue weighted by atomic mass is 127. The van der Waals surface area contributed by atoms with Crippen LogP contribution < -0.4 is 5.32 Å². The molecule has 0 aliphatic carbocycles. The number of amides is 1. The topological polar surface area (TPSA) is 42.2 Å². The standard InChI is InChI=1S/C8H4INO2S2/c9-6-2-1-4(12-6)3-5-7(11)10-8(13)14-5/h1-3H,(H,10,11,13). The summed E-state index contributed by atoms with van der Waals surface area (Å²) in [5, 5.41) is 2.54. The van der Waals surface area contributed by atoms with Crippen molar-refractivity contribution in [3.63, 3.8) is 0 Å². The zero-order valence-corrected chi connectivity index (χ0v) is 10.5. The molecule has 1 fully saturated rings. The van der Waals surface area contributed by atoms with E-state index in [1.165, 1.54) is 11.8 Å². The van der Waals surface area contributed by atoms with Gasteiger partial charge in [-0.25, -0.2) is 0 Å². The fourth-order valence-electron chi connectivity index (χ4n) is 0.956. The molecule has 1 N–H and O–H groups in total. The molecule has 1 aromatic rings. The number of hydrogen-bond acceptors (Lipinski definition) is 4. The van der Waals surface area contributed by atoms with Gasteiger partial charge in [-0.3, -0.25) is 4.79 Å². The van der Waals surface area contributed by atoms with Crippen LogP contribution in [0, 0.1) is 3.77 Å². The molecule has 1 aliphatic rings. The quantitative estimate of drug-likeness (QED) is 0.485. The average Bonchev–Trinajstić information content (AvgIpc) is 2.61. The van der Waals surface area contributed by atoms with E-state index < -0.39 is 0 Å². The lowest BCUT2D eigenvalue weighted by Gasteiger charge is -1.88. The monoisotopic (exact) mass is 337 g/mol. The summed E-state index contributed by atoms with van der Waals surface area (Å²) in [7, 11) is 0. The molecule has 0 radical (unpaired) electrons. The Morgan fingerprint density at radius 3 is 2.86 bits per heavy atom. The molecule has 14 heavy (non-hydrogen) atoms. The molecule has 0 atom stereocenters. The number of thiocarbonyl (C=S) groups is 1. The minimum atomic E-state index is -0.161. The van der Waals surface area contributed by atoms with E-state index in [4.69, 9.17) is 16.6 Å². The maximum absolute atomic E-state index is 11.3. The molecule has 0 spiro atoms. The molecule has 72 valence electrons. The third-order valence-corrected chi connectivity index (χ3v) is 3.25. The smallest absolute Gasteiger partial charge is 0.263 e. The lowest BCUT2D eigenvalue weighted by atomic mass is 10.4. The van der Waals surface area contributed by atoms with Crippen LogP contribution in [0.1, 0.15) is 5.76 Å². The van der Waals surface area contributed by atoms with Crippen LogP contribution in [-0.2, 0) is 4.79 Å². The van der Waals surface area contributed by atoms with E-state index in [0.717, 1.165) is 3.77 Å². The van der Waals surface area contributed by atoms with Gasteiger partial charge >= 0.3 is 0 Å². The number of nitrogens with one attached hydrogen (secondary N) is 1. The lowest BCUT2D eigenvalue weighted by molar-refractivity contribution is -0.115. The van der Waals surface area contributed by atoms with Crippen molar-refractivity contribution in [2.45, 2.75) is 0 Å². The number of rotatable bonds is 1. The third-order valence-electron chi connectivity index (χ3n) is 1.51. The Morgan fingerprint density at radius 1 is 1.57 bits per heavy atom. The SMILES string of the molecule is O=C1NC(=S)SC1=Cc1ccc(I)o1. The molecule has 0 aromatic carbocycles. The van der Waals surface area contributed by atoms with Gasteiger partial charge in [0.15, 0.2) is 3.77 Å². The molecule has 6 heteroatoms. The molecule has 1 amide bonds. The number of thioether (sulfide) groups is 1. The summed E-state index contributed by atoms with van der Waals surface area (Å²) in [5.41, 5.74) is 0. The highest BCUT2D eigenvalue weighted by Gasteiger charge is 2.22. The van der Waals surface area contributed by atoms with Crippen molar-refractivity contribution in [1.29, 1.82) is 0 Å². The second-order valence-electron chi connectivity index (χ2n) is 2.49. The molecule has 1 aliphatic heterocycles. The molecule has 0 saturated carbocycles. The number of furan rings is 1. The van der Waals surface area contributed by atoms with Gasteiger partial charge in [-0.15, -0.1) is 0 Å². The first-order valence-corrected chi connectivity index (χ1v) is 5.96. The number of halogens is 1. The van der Waals surface area contributed by atoms with Crippen LogP contribution in [0.25, 0.3) is 6.08 Å². The summed E-state index contributed by atoms with van der Waals surface area (Å²) < 4.78 is 6.58. The fourth-order valence-corrected chi connectivity index (χ4v) is 2.41. The molecule has 2 rings (SSSR count). The molecular formula is C8H4INO2S2. The van der Waals surface area contributed by atoms with Gasteiger partial charge in [0, 0.05) is 6.08 Å². The van der Waals surface area contributed by atoms with E-state index in [1.54, 1.807) is 6.08 Å². The Bertz CT molecular complexity index is 438. The van der Waals surface area contributed by atoms with Gasteiger partial charge in [-0.1, -0.05) is 24.0 Å². The van der Waals surface area contributed by atoms with Crippen LogP contribution in [0.15, 0.2) is 21.5 Å². The van der Waals surface area contributed by atoms with Gasteiger partial charge in [-0.2, -0.15) is 0 Å². The van der Waals surface area contributed by atoms with Crippen LogP contribution in [-0.4, -0.2) is 10.2 Å². The lowest BCUT2D eigenvalue weighted by Crippen LogP contribution is -2.17. The normalized spacial score (nSPS) is 19.1. The van der Waals surface area contributed by atoms with Crippen LogP contribution in [0.5, 0.6) is 0 Å². The molecule has 1 saturated heterocycles. The first-order chi connectivity index (χ1) is 6.65. The highest BCUT2D eigenvalue weighted by Crippen LogP contribution is 2.26. The number of carbonyl (C=O) groups excluding carboxylic acids is 1. The third kappa shape index (κ3) is 2.18. The summed E-state index contributed by atoms with van der Waals surface area (Å²) >= 11 is 8.17. The number of carbonyl (C=O) groups is 1. The van der Waals surface area contributed by atoms with Crippen molar-refractivity contribution in [3.05, 3.63) is 26.6 Å². The van der Waals surface area contributed by atoms with Gasteiger partial charge in [0.25, 0.3) is 5.91 Å². The highest BCUT2D eigenvalue weighted by molar-refractivity contribution is 14.1. The minimum absolute atomic E-state index is 0.161. The van der Waals surface area contributed by atoms with Crippen molar-refractivity contribution < 1.29 is 9.21 Å². The zero-order valence-electron chi connectivity index (χ0n) is 6.74. The van der Waals surface area contributed by atoms with E-state index in [9.17, 15) is 4.79 Å². The van der Waals surface area contributed by atoms with Gasteiger partial charge in [-0.05, 0) is 34.7 Å². The molecule has 0 bridgehead atoms. The largest absolute Gasteiger partial charge is 0.451 e. The summed E-state index contributed by atoms with van der Waals surface area (Å²) in [4.78, 5) is 11.8. The Hall–Kier alpha value is -0.340. The zero-order chi connectivity index (χ0) is 10.1. The van der Waals surface area contributed by atoms with E-state index in [2.05, 4.69) is 27.9 Å². The van der Waals surface area contributed by atoms with Gasteiger partial charge in [0.2, 0.25) is 0 Å². The molecule has 1 aromatic heterocycles. The maximum atomic E-state index is 11.3. The predicted molar refractivity (Wildman–Crippen MR) is 67.7 cm³/mol. The van der Waals surface area contributed by atoms with Crippen molar-refractivity contribution in [2.24, 2.45) is 0 Å². The Balaban J connectivity index is 2.27. The van der Waals surface area contributed by atoms with Gasteiger partial charge in [0.05, 0.1) is 4.91 Å². The fraction of sp³-hybridized carbons (Fsp3) is 0. The summed E-state index contributed by atoms with van der Waals surface area (Å²) in [6, 6.07) is 3.65. The van der Waals surface area contributed by atoms with Crippen LogP contribution in [0.2, 0.25) is 0 Å². The minimum Gasteiger partial charge on any atom is -0.451 e. The second-order valence-corrected chi connectivity index (χ2v) is 5.28. The van der Waals surface area contributed by atoms with Gasteiger partial charge < -0.3 is 9.73 Å². The Morgan fingerprint density at radius 2 is 2.36 bits per heavy atom. The predicted octanol–water partition coefficient (Wildman–Crippen LogP) is 2.37. The van der Waals surface area contributed by atoms with E-state index in [-0.39, 0.29) is 5.91 Å². The van der Waals surface area contributed by atoms with E-state index >= 15 is 0 Å². The Kier molecular flexibility index (Phi) is 2.93.